The van der Waals surface area contributed by atoms with E-state index in [2.05, 4.69) is 6.92 Å². The number of likely N-dealkylation sites (tertiary alicyclic amines) is 1. The summed E-state index contributed by atoms with van der Waals surface area (Å²) < 4.78 is 15.2. The Morgan fingerprint density at radius 2 is 1.90 bits per heavy atom. The molecular formula is C15H27NO5. The maximum absolute atomic E-state index is 12.0. The average molecular weight is 301 g/mol. The van der Waals surface area contributed by atoms with Crippen LogP contribution in [0.5, 0.6) is 0 Å². The van der Waals surface area contributed by atoms with Gasteiger partial charge in [0, 0.05) is 13.7 Å². The van der Waals surface area contributed by atoms with Crippen LogP contribution >= 0.6 is 0 Å². The van der Waals surface area contributed by atoms with Crippen molar-refractivity contribution in [2.45, 2.75) is 51.5 Å². The van der Waals surface area contributed by atoms with Gasteiger partial charge in [-0.1, -0.05) is 26.2 Å². The summed E-state index contributed by atoms with van der Waals surface area (Å²) in [5.74, 6) is -0.312. The quantitative estimate of drug-likeness (QED) is 0.483. The highest BCUT2D eigenvalue weighted by Crippen LogP contribution is 2.19. The highest BCUT2D eigenvalue weighted by atomic mass is 16.6. The van der Waals surface area contributed by atoms with Crippen LogP contribution in [0, 0.1) is 0 Å². The molecule has 1 unspecified atom stereocenters. The number of hydrogen-bond acceptors (Lipinski definition) is 5. The summed E-state index contributed by atoms with van der Waals surface area (Å²) in [6.07, 6.45) is 5.23. The molecule has 1 fully saturated rings. The molecule has 6 heteroatoms. The number of carbonyl (C=O) groups is 2. The Hall–Kier alpha value is -1.30. The Balaban J connectivity index is 2.30. The maximum atomic E-state index is 12.0. The summed E-state index contributed by atoms with van der Waals surface area (Å²) in [5, 5.41) is 0. The fourth-order valence-corrected chi connectivity index (χ4v) is 2.32. The van der Waals surface area contributed by atoms with Gasteiger partial charge in [0.05, 0.1) is 13.2 Å². The number of esters is 1. The molecule has 0 aromatic carbocycles. The molecule has 0 N–H and O–H groups in total. The Kier molecular flexibility index (Phi) is 8.82. The van der Waals surface area contributed by atoms with Gasteiger partial charge in [0.1, 0.15) is 12.6 Å². The van der Waals surface area contributed by atoms with Crippen LogP contribution in [0.15, 0.2) is 0 Å². The summed E-state index contributed by atoms with van der Waals surface area (Å²) in [5.41, 5.74) is 0. The van der Waals surface area contributed by atoms with Crippen molar-refractivity contribution in [3.05, 3.63) is 0 Å². The number of carbonyl (C=O) groups excluding carboxylic acids is 2. The van der Waals surface area contributed by atoms with Gasteiger partial charge in [-0.2, -0.15) is 0 Å². The lowest BCUT2D eigenvalue weighted by Crippen LogP contribution is -2.42. The summed E-state index contributed by atoms with van der Waals surface area (Å²) in [4.78, 5) is 25.4. The van der Waals surface area contributed by atoms with E-state index >= 15 is 0 Å². The third kappa shape index (κ3) is 6.33. The molecule has 0 saturated carbocycles. The van der Waals surface area contributed by atoms with E-state index < -0.39 is 12.1 Å². The lowest BCUT2D eigenvalue weighted by Gasteiger charge is -2.22. The van der Waals surface area contributed by atoms with E-state index in [0.29, 0.717) is 26.2 Å². The number of unbranched alkanes of at least 4 members (excludes halogenated alkanes) is 3. The van der Waals surface area contributed by atoms with Crippen LogP contribution in [0.25, 0.3) is 0 Å². The smallest absolute Gasteiger partial charge is 0.410 e. The molecule has 1 aliphatic heterocycles. The third-order valence-electron chi connectivity index (χ3n) is 3.51. The van der Waals surface area contributed by atoms with Crippen LogP contribution in [-0.2, 0) is 19.0 Å². The zero-order chi connectivity index (χ0) is 15.5. The molecule has 1 rings (SSSR count). The second-order valence-corrected chi connectivity index (χ2v) is 5.19. The third-order valence-corrected chi connectivity index (χ3v) is 3.51. The standard InChI is InChI=1S/C15H27NO5/c1-3-4-5-6-10-20-14(17)13-8-7-9-16(13)15(18)21-12-11-19-2/h13H,3-12H2,1-2H3. The van der Waals surface area contributed by atoms with E-state index in [1.807, 2.05) is 0 Å². The minimum Gasteiger partial charge on any atom is -0.464 e. The number of rotatable bonds is 9. The van der Waals surface area contributed by atoms with Crippen molar-refractivity contribution in [3.63, 3.8) is 0 Å². The Bertz CT molecular complexity index is 321. The van der Waals surface area contributed by atoms with Gasteiger partial charge in [-0.25, -0.2) is 9.59 Å². The van der Waals surface area contributed by atoms with Crippen LogP contribution in [0.1, 0.15) is 45.4 Å². The molecule has 1 heterocycles. The first-order valence-corrected chi connectivity index (χ1v) is 7.79. The van der Waals surface area contributed by atoms with Crippen LogP contribution in [-0.4, -0.2) is 56.5 Å². The van der Waals surface area contributed by atoms with Crippen molar-refractivity contribution in [3.8, 4) is 0 Å². The van der Waals surface area contributed by atoms with E-state index in [9.17, 15) is 9.59 Å². The predicted molar refractivity (Wildman–Crippen MR) is 78.1 cm³/mol. The number of amides is 1. The molecular weight excluding hydrogens is 274 g/mol. The zero-order valence-corrected chi connectivity index (χ0v) is 13.1. The Morgan fingerprint density at radius 1 is 1.10 bits per heavy atom. The van der Waals surface area contributed by atoms with Crippen LogP contribution in [0.4, 0.5) is 4.79 Å². The van der Waals surface area contributed by atoms with Crippen molar-refractivity contribution in [1.82, 2.24) is 4.90 Å². The largest absolute Gasteiger partial charge is 0.464 e. The van der Waals surface area contributed by atoms with E-state index in [-0.39, 0.29) is 12.6 Å². The number of ether oxygens (including phenoxy) is 3. The summed E-state index contributed by atoms with van der Waals surface area (Å²) in [6, 6.07) is -0.494. The fourth-order valence-electron chi connectivity index (χ4n) is 2.32. The highest BCUT2D eigenvalue weighted by molar-refractivity contribution is 5.82. The normalized spacial score (nSPS) is 17.8. The molecule has 21 heavy (non-hydrogen) atoms. The number of methoxy groups -OCH3 is 1. The summed E-state index contributed by atoms with van der Waals surface area (Å²) in [7, 11) is 1.54. The second kappa shape index (κ2) is 10.4. The molecule has 1 atom stereocenters. The van der Waals surface area contributed by atoms with Gasteiger partial charge < -0.3 is 14.2 Å². The van der Waals surface area contributed by atoms with Crippen LogP contribution in [0.3, 0.4) is 0 Å². The Labute approximate surface area is 126 Å². The fraction of sp³-hybridized carbons (Fsp3) is 0.867. The molecule has 0 aliphatic carbocycles. The summed E-state index contributed by atoms with van der Waals surface area (Å²) >= 11 is 0. The maximum Gasteiger partial charge on any atom is 0.410 e. The van der Waals surface area contributed by atoms with E-state index in [1.54, 1.807) is 7.11 Å². The van der Waals surface area contributed by atoms with Gasteiger partial charge in [0.25, 0.3) is 0 Å². The van der Waals surface area contributed by atoms with Crippen LogP contribution < -0.4 is 0 Å². The minimum absolute atomic E-state index is 0.199. The van der Waals surface area contributed by atoms with Gasteiger partial charge in [0.15, 0.2) is 0 Å². The van der Waals surface area contributed by atoms with E-state index in [1.165, 1.54) is 4.90 Å². The first-order chi connectivity index (χ1) is 10.2. The molecule has 0 aromatic rings. The molecule has 0 bridgehead atoms. The van der Waals surface area contributed by atoms with Crippen molar-refractivity contribution >= 4 is 12.1 Å². The minimum atomic E-state index is -0.494. The topological polar surface area (TPSA) is 65.1 Å². The van der Waals surface area contributed by atoms with Crippen molar-refractivity contribution < 1.29 is 23.8 Å². The molecule has 1 aliphatic rings. The monoisotopic (exact) mass is 301 g/mol. The molecule has 122 valence electrons. The first kappa shape index (κ1) is 17.8. The number of hydrogen-bond donors (Lipinski definition) is 0. The zero-order valence-electron chi connectivity index (χ0n) is 13.1. The van der Waals surface area contributed by atoms with Gasteiger partial charge in [-0.05, 0) is 19.3 Å². The SMILES string of the molecule is CCCCCCOC(=O)C1CCCN1C(=O)OCCOC. The molecule has 1 saturated heterocycles. The van der Waals surface area contributed by atoms with E-state index in [4.69, 9.17) is 14.2 Å². The van der Waals surface area contributed by atoms with Gasteiger partial charge in [0.2, 0.25) is 0 Å². The van der Waals surface area contributed by atoms with Gasteiger partial charge in [-0.15, -0.1) is 0 Å². The molecule has 0 radical (unpaired) electrons. The molecule has 0 aromatic heterocycles. The predicted octanol–water partition coefficient (Wildman–Crippen LogP) is 2.36. The molecule has 1 amide bonds. The highest BCUT2D eigenvalue weighted by Gasteiger charge is 2.36. The molecule has 6 nitrogen and oxygen atoms in total. The molecule has 0 spiro atoms. The summed E-state index contributed by atoms with van der Waals surface area (Å²) in [6.45, 7) is 3.66. The average Bonchev–Trinajstić information content (AvgIpc) is 2.96. The first-order valence-electron chi connectivity index (χ1n) is 7.79. The second-order valence-electron chi connectivity index (χ2n) is 5.19. The van der Waals surface area contributed by atoms with Crippen molar-refractivity contribution in [2.24, 2.45) is 0 Å². The lowest BCUT2D eigenvalue weighted by molar-refractivity contribution is -0.148. The Morgan fingerprint density at radius 3 is 2.62 bits per heavy atom. The van der Waals surface area contributed by atoms with Crippen LogP contribution in [0.2, 0.25) is 0 Å². The lowest BCUT2D eigenvalue weighted by atomic mass is 10.2. The van der Waals surface area contributed by atoms with Crippen molar-refractivity contribution in [1.29, 1.82) is 0 Å². The van der Waals surface area contributed by atoms with Gasteiger partial charge in [-0.3, -0.25) is 4.90 Å². The van der Waals surface area contributed by atoms with Crippen molar-refractivity contribution in [2.75, 3.05) is 33.5 Å². The number of nitrogens with zero attached hydrogens (tertiary/aromatic N) is 1. The van der Waals surface area contributed by atoms with Gasteiger partial charge >= 0.3 is 12.1 Å². The van der Waals surface area contributed by atoms with E-state index in [0.717, 1.165) is 32.1 Å².